The molecule has 2 aromatic heterocycles. The van der Waals surface area contributed by atoms with Crippen LogP contribution >= 0.6 is 0 Å². The number of anilines is 1. The minimum atomic E-state index is -3.48. The van der Waals surface area contributed by atoms with E-state index >= 15 is 0 Å². The van der Waals surface area contributed by atoms with Crippen molar-refractivity contribution in [2.24, 2.45) is 0 Å². The quantitative estimate of drug-likeness (QED) is 0.560. The highest BCUT2D eigenvalue weighted by Gasteiger charge is 2.27. The van der Waals surface area contributed by atoms with Crippen LogP contribution in [0.1, 0.15) is 36.0 Å². The summed E-state index contributed by atoms with van der Waals surface area (Å²) in [6.07, 6.45) is 7.44. The van der Waals surface area contributed by atoms with Crippen molar-refractivity contribution in [1.82, 2.24) is 29.4 Å². The number of amides is 1. The summed E-state index contributed by atoms with van der Waals surface area (Å²) >= 11 is 0. The molecule has 1 N–H and O–H groups in total. The Morgan fingerprint density at radius 3 is 2.39 bits per heavy atom. The molecule has 10 nitrogen and oxygen atoms in total. The molecule has 2 fully saturated rings. The molecule has 11 heteroatoms. The van der Waals surface area contributed by atoms with E-state index in [0.29, 0.717) is 31.7 Å². The van der Waals surface area contributed by atoms with Crippen molar-refractivity contribution < 1.29 is 13.2 Å². The third-order valence-electron chi connectivity index (χ3n) is 6.25. The summed E-state index contributed by atoms with van der Waals surface area (Å²) in [6.45, 7) is 3.92. The number of carbonyl (C=O) groups is 1. The fourth-order valence-electron chi connectivity index (χ4n) is 4.46. The number of sulfonamides is 1. The first kappa shape index (κ1) is 21.8. The molecule has 1 amide bonds. The number of hydrogen-bond donors (Lipinski definition) is 1. The Morgan fingerprint density at radius 1 is 0.970 bits per heavy atom. The number of rotatable bonds is 7. The van der Waals surface area contributed by atoms with Gasteiger partial charge in [0.1, 0.15) is 12.1 Å². The van der Waals surface area contributed by atoms with Gasteiger partial charge in [-0.15, -0.1) is 0 Å². The molecule has 33 heavy (non-hydrogen) atoms. The Hall–Kier alpha value is -3.05. The number of benzene rings is 1. The van der Waals surface area contributed by atoms with Crippen LogP contribution in [-0.4, -0.2) is 71.1 Å². The predicted octanol–water partition coefficient (Wildman–Crippen LogP) is 1.64. The molecular weight excluding hydrogens is 442 g/mol. The van der Waals surface area contributed by atoms with Crippen LogP contribution in [-0.2, 0) is 16.6 Å². The number of hydrogen-bond acceptors (Lipinski definition) is 7. The van der Waals surface area contributed by atoms with Gasteiger partial charge in [0.05, 0.1) is 23.0 Å². The number of nitrogens with one attached hydrogen (secondary N) is 1. The monoisotopic (exact) mass is 469 g/mol. The van der Waals surface area contributed by atoms with Gasteiger partial charge < -0.3 is 10.2 Å². The molecule has 0 aliphatic carbocycles. The highest BCUT2D eigenvalue weighted by molar-refractivity contribution is 7.89. The first-order chi connectivity index (χ1) is 16.0. The lowest BCUT2D eigenvalue weighted by atomic mass is 10.2. The van der Waals surface area contributed by atoms with Crippen molar-refractivity contribution >= 4 is 32.8 Å². The summed E-state index contributed by atoms with van der Waals surface area (Å²) in [6, 6.07) is 6.11. The van der Waals surface area contributed by atoms with Gasteiger partial charge in [0.25, 0.3) is 5.91 Å². The lowest BCUT2D eigenvalue weighted by Crippen LogP contribution is -2.29. The van der Waals surface area contributed by atoms with Gasteiger partial charge in [0, 0.05) is 38.3 Å². The van der Waals surface area contributed by atoms with Crippen molar-refractivity contribution in [3.63, 3.8) is 0 Å². The second-order valence-electron chi connectivity index (χ2n) is 8.39. The van der Waals surface area contributed by atoms with Crippen LogP contribution in [0.4, 0.5) is 5.82 Å². The summed E-state index contributed by atoms with van der Waals surface area (Å²) in [5.74, 6) is 0.653. The van der Waals surface area contributed by atoms with Crippen LogP contribution in [0.2, 0.25) is 0 Å². The van der Waals surface area contributed by atoms with Crippen molar-refractivity contribution in [1.29, 1.82) is 0 Å². The third-order valence-corrected chi connectivity index (χ3v) is 8.16. The summed E-state index contributed by atoms with van der Waals surface area (Å²) in [5, 5.41) is 8.23. The average molecular weight is 470 g/mol. The number of nitrogens with zero attached hydrogens (tertiary/aromatic N) is 6. The standard InChI is InChI=1S/C22H27N7O3S/c30-22(17-5-7-18(8-6-17)33(31,32)28-12-3-4-13-28)23-9-14-29-21-19(15-26-29)20(24-16-25-21)27-10-1-2-11-27/h5-8,15-16H,1-4,9-14H2,(H,23,30). The first-order valence-corrected chi connectivity index (χ1v) is 12.8. The zero-order valence-electron chi connectivity index (χ0n) is 18.4. The van der Waals surface area contributed by atoms with E-state index in [1.54, 1.807) is 29.3 Å². The number of aromatic nitrogens is 4. The maximum absolute atomic E-state index is 12.6. The van der Waals surface area contributed by atoms with E-state index in [4.69, 9.17) is 0 Å². The minimum absolute atomic E-state index is 0.220. The van der Waals surface area contributed by atoms with Gasteiger partial charge in [-0.2, -0.15) is 9.40 Å². The van der Waals surface area contributed by atoms with Crippen LogP contribution in [0, 0.1) is 0 Å². The molecule has 0 atom stereocenters. The summed E-state index contributed by atoms with van der Waals surface area (Å²) in [7, 11) is -3.48. The maximum atomic E-state index is 12.6. The second-order valence-corrected chi connectivity index (χ2v) is 10.3. The molecular formula is C22H27N7O3S. The fraction of sp³-hybridized carbons (Fsp3) is 0.455. The van der Waals surface area contributed by atoms with E-state index in [-0.39, 0.29) is 10.8 Å². The van der Waals surface area contributed by atoms with Gasteiger partial charge in [-0.05, 0) is 49.9 Å². The van der Waals surface area contributed by atoms with Crippen LogP contribution in [0.25, 0.3) is 11.0 Å². The lowest BCUT2D eigenvalue weighted by molar-refractivity contribution is 0.0952. The molecule has 0 bridgehead atoms. The first-order valence-electron chi connectivity index (χ1n) is 11.3. The SMILES string of the molecule is O=C(NCCn1ncc2c(N3CCCC3)ncnc21)c1ccc(S(=O)(=O)N2CCCC2)cc1. The highest BCUT2D eigenvalue weighted by atomic mass is 32.2. The summed E-state index contributed by atoms with van der Waals surface area (Å²) < 4.78 is 28.5. The van der Waals surface area contributed by atoms with E-state index < -0.39 is 10.0 Å². The normalized spacial score (nSPS) is 17.2. The van der Waals surface area contributed by atoms with Crippen molar-refractivity contribution in [3.8, 4) is 0 Å². The van der Waals surface area contributed by atoms with Gasteiger partial charge in [-0.1, -0.05) is 0 Å². The van der Waals surface area contributed by atoms with E-state index in [1.807, 2.05) is 0 Å². The Morgan fingerprint density at radius 2 is 1.67 bits per heavy atom. The molecule has 2 saturated heterocycles. The van der Waals surface area contributed by atoms with Crippen LogP contribution in [0.15, 0.2) is 41.7 Å². The molecule has 174 valence electrons. The van der Waals surface area contributed by atoms with E-state index in [9.17, 15) is 13.2 Å². The maximum Gasteiger partial charge on any atom is 0.251 e. The lowest BCUT2D eigenvalue weighted by Gasteiger charge is -2.16. The molecule has 0 unspecified atom stereocenters. The smallest absolute Gasteiger partial charge is 0.251 e. The molecule has 2 aliphatic rings. The molecule has 3 aromatic rings. The van der Waals surface area contributed by atoms with E-state index in [2.05, 4.69) is 25.3 Å². The highest BCUT2D eigenvalue weighted by Crippen LogP contribution is 2.25. The topological polar surface area (TPSA) is 113 Å². The Balaban J connectivity index is 1.21. The fourth-order valence-corrected chi connectivity index (χ4v) is 5.98. The third kappa shape index (κ3) is 4.30. The van der Waals surface area contributed by atoms with Crippen LogP contribution < -0.4 is 10.2 Å². The molecule has 1 aromatic carbocycles. The van der Waals surface area contributed by atoms with Crippen molar-refractivity contribution in [2.45, 2.75) is 37.1 Å². The largest absolute Gasteiger partial charge is 0.356 e. The Labute approximate surface area is 192 Å². The minimum Gasteiger partial charge on any atom is -0.356 e. The van der Waals surface area contributed by atoms with Gasteiger partial charge in [-0.25, -0.2) is 23.1 Å². The Bertz CT molecular complexity index is 1240. The van der Waals surface area contributed by atoms with E-state index in [1.165, 1.54) is 16.4 Å². The second kappa shape index (κ2) is 9.06. The van der Waals surface area contributed by atoms with Gasteiger partial charge in [-0.3, -0.25) is 4.79 Å². The molecule has 2 aliphatic heterocycles. The Kier molecular flexibility index (Phi) is 5.98. The van der Waals surface area contributed by atoms with Gasteiger partial charge in [0.15, 0.2) is 5.65 Å². The number of carbonyl (C=O) groups excluding carboxylic acids is 1. The van der Waals surface area contributed by atoms with Crippen molar-refractivity contribution in [2.75, 3.05) is 37.6 Å². The van der Waals surface area contributed by atoms with Crippen molar-refractivity contribution in [3.05, 3.63) is 42.4 Å². The molecule has 0 radical (unpaired) electrons. The van der Waals surface area contributed by atoms with Crippen LogP contribution in [0.5, 0.6) is 0 Å². The van der Waals surface area contributed by atoms with Crippen LogP contribution in [0.3, 0.4) is 0 Å². The molecule has 0 saturated carbocycles. The summed E-state index contributed by atoms with van der Waals surface area (Å²) in [5.41, 5.74) is 1.16. The molecule has 4 heterocycles. The zero-order chi connectivity index (χ0) is 22.8. The zero-order valence-corrected chi connectivity index (χ0v) is 19.2. The van der Waals surface area contributed by atoms with Gasteiger partial charge in [0.2, 0.25) is 10.0 Å². The molecule has 0 spiro atoms. The average Bonchev–Trinajstić information content (AvgIpc) is 3.61. The predicted molar refractivity (Wildman–Crippen MR) is 124 cm³/mol. The summed E-state index contributed by atoms with van der Waals surface area (Å²) in [4.78, 5) is 23.9. The van der Waals surface area contributed by atoms with Gasteiger partial charge >= 0.3 is 0 Å². The molecule has 5 rings (SSSR count). The van der Waals surface area contributed by atoms with E-state index in [0.717, 1.165) is 55.6 Å². The number of fused-ring (bicyclic) bond motifs is 1.